The summed E-state index contributed by atoms with van der Waals surface area (Å²) in [5.74, 6) is 0. The first-order valence-electron chi connectivity index (χ1n) is 3.86. The fraction of sp³-hybridized carbons (Fsp3) is 0.875. The normalized spacial score (nSPS) is 9.60. The summed E-state index contributed by atoms with van der Waals surface area (Å²) in [7, 11) is 0. The van der Waals surface area contributed by atoms with Gasteiger partial charge in [-0.05, 0) is 26.1 Å². The van der Waals surface area contributed by atoms with E-state index in [-0.39, 0.29) is 18.9 Å². The van der Waals surface area contributed by atoms with Gasteiger partial charge in [0.2, 0.25) is 0 Å². The third-order valence-corrected chi connectivity index (χ3v) is 1.46. The fourth-order valence-corrected chi connectivity index (χ4v) is 0.968. The van der Waals surface area contributed by atoms with E-state index in [1.165, 1.54) is 19.5 Å². The molecule has 1 nitrogen and oxygen atoms in total. The second-order valence-corrected chi connectivity index (χ2v) is 2.29. The molecule has 0 aliphatic rings. The third kappa shape index (κ3) is 6.67. The molecule has 0 aliphatic carbocycles. The van der Waals surface area contributed by atoms with Gasteiger partial charge < -0.3 is 11.8 Å². The maximum Gasteiger partial charge on any atom is 1.00 e. The van der Waals surface area contributed by atoms with Crippen LogP contribution in [0.3, 0.4) is 0 Å². The second kappa shape index (κ2) is 9.56. The quantitative estimate of drug-likeness (QED) is 0.343. The van der Waals surface area contributed by atoms with Gasteiger partial charge >= 0.3 is 18.9 Å². The van der Waals surface area contributed by atoms with Gasteiger partial charge in [-0.3, -0.25) is 0 Å². The summed E-state index contributed by atoms with van der Waals surface area (Å²) in [4.78, 5) is 2.42. The number of hydrogen-bond acceptors (Lipinski definition) is 1. The molecule has 2 heteroatoms. The van der Waals surface area contributed by atoms with Crippen molar-refractivity contribution in [3.05, 3.63) is 6.92 Å². The van der Waals surface area contributed by atoms with Crippen LogP contribution in [0.4, 0.5) is 0 Å². The average Bonchev–Trinajstić information content (AvgIpc) is 1.88. The summed E-state index contributed by atoms with van der Waals surface area (Å²) in [5.41, 5.74) is 0. The van der Waals surface area contributed by atoms with Gasteiger partial charge in [0.25, 0.3) is 0 Å². The van der Waals surface area contributed by atoms with Crippen LogP contribution in [0.15, 0.2) is 0 Å². The van der Waals surface area contributed by atoms with Crippen molar-refractivity contribution in [2.75, 3.05) is 19.6 Å². The SMILES string of the molecule is [CH2-]CCN(CC)CCC.[Li+]. The molecule has 56 valence electrons. The van der Waals surface area contributed by atoms with Crippen molar-refractivity contribution in [1.82, 2.24) is 4.90 Å². The summed E-state index contributed by atoms with van der Waals surface area (Å²) >= 11 is 0. The zero-order chi connectivity index (χ0) is 7.11. The first-order chi connectivity index (χ1) is 4.35. The van der Waals surface area contributed by atoms with Crippen molar-refractivity contribution in [3.8, 4) is 0 Å². The maximum absolute atomic E-state index is 3.81. The van der Waals surface area contributed by atoms with Crippen LogP contribution in [-0.2, 0) is 0 Å². The van der Waals surface area contributed by atoms with E-state index in [0.29, 0.717) is 0 Å². The van der Waals surface area contributed by atoms with Crippen molar-refractivity contribution in [2.45, 2.75) is 26.7 Å². The van der Waals surface area contributed by atoms with E-state index in [2.05, 4.69) is 25.7 Å². The zero-order valence-electron chi connectivity index (χ0n) is 7.69. The third-order valence-electron chi connectivity index (χ3n) is 1.46. The van der Waals surface area contributed by atoms with Crippen LogP contribution in [0.5, 0.6) is 0 Å². The number of rotatable bonds is 5. The Morgan fingerprint density at radius 1 is 1.20 bits per heavy atom. The molecule has 10 heavy (non-hydrogen) atoms. The molecule has 0 amide bonds. The van der Waals surface area contributed by atoms with Crippen molar-refractivity contribution in [3.63, 3.8) is 0 Å². The van der Waals surface area contributed by atoms with E-state index in [4.69, 9.17) is 0 Å². The molecule has 0 aromatic carbocycles. The second-order valence-electron chi connectivity index (χ2n) is 2.29. The number of nitrogens with zero attached hydrogens (tertiary/aromatic N) is 1. The number of hydrogen-bond donors (Lipinski definition) is 0. The Kier molecular flexibility index (Phi) is 12.6. The fourth-order valence-electron chi connectivity index (χ4n) is 0.968. The van der Waals surface area contributed by atoms with Gasteiger partial charge in [0.05, 0.1) is 0 Å². The van der Waals surface area contributed by atoms with E-state index in [0.717, 1.165) is 13.0 Å². The molecular weight excluding hydrogens is 117 g/mol. The maximum atomic E-state index is 3.81. The molecule has 0 heterocycles. The Morgan fingerprint density at radius 3 is 2.10 bits per heavy atom. The Labute approximate surface area is 77.4 Å². The first kappa shape index (κ1) is 13.2. The Bertz CT molecular complexity index is 51.2. The summed E-state index contributed by atoms with van der Waals surface area (Å²) in [5, 5.41) is 0. The summed E-state index contributed by atoms with van der Waals surface area (Å²) in [6.45, 7) is 11.8. The molecule has 0 rings (SSSR count). The van der Waals surface area contributed by atoms with Gasteiger partial charge in [-0.1, -0.05) is 13.8 Å². The predicted molar refractivity (Wildman–Crippen MR) is 42.4 cm³/mol. The van der Waals surface area contributed by atoms with Crippen LogP contribution in [0, 0.1) is 6.92 Å². The Hall–Kier alpha value is 0.557. The minimum atomic E-state index is 0. The van der Waals surface area contributed by atoms with E-state index in [1.807, 2.05) is 0 Å². The molecular formula is C8H18LiN. The largest absolute Gasteiger partial charge is 1.00 e. The van der Waals surface area contributed by atoms with Gasteiger partial charge in [0.15, 0.2) is 0 Å². The van der Waals surface area contributed by atoms with Crippen molar-refractivity contribution in [2.24, 2.45) is 0 Å². The topological polar surface area (TPSA) is 3.24 Å². The minimum Gasteiger partial charge on any atom is -0.342 e. The summed E-state index contributed by atoms with van der Waals surface area (Å²) in [6.07, 6.45) is 2.29. The van der Waals surface area contributed by atoms with Gasteiger partial charge in [-0.15, -0.1) is 0 Å². The molecule has 0 bridgehead atoms. The van der Waals surface area contributed by atoms with E-state index < -0.39 is 0 Å². The van der Waals surface area contributed by atoms with E-state index in [9.17, 15) is 0 Å². The van der Waals surface area contributed by atoms with Crippen molar-refractivity contribution < 1.29 is 18.9 Å². The molecule has 0 aromatic heterocycles. The van der Waals surface area contributed by atoms with Crippen LogP contribution in [0.1, 0.15) is 26.7 Å². The van der Waals surface area contributed by atoms with Gasteiger partial charge in [-0.25, -0.2) is 0 Å². The Morgan fingerprint density at radius 2 is 1.80 bits per heavy atom. The summed E-state index contributed by atoms with van der Waals surface area (Å²) < 4.78 is 0. The molecule has 0 radical (unpaired) electrons. The molecule has 0 unspecified atom stereocenters. The van der Waals surface area contributed by atoms with Crippen molar-refractivity contribution >= 4 is 0 Å². The van der Waals surface area contributed by atoms with E-state index >= 15 is 0 Å². The van der Waals surface area contributed by atoms with Crippen LogP contribution in [-0.4, -0.2) is 24.5 Å². The average molecular weight is 135 g/mol. The zero-order valence-corrected chi connectivity index (χ0v) is 7.69. The van der Waals surface area contributed by atoms with Crippen LogP contribution in [0.2, 0.25) is 0 Å². The van der Waals surface area contributed by atoms with Crippen molar-refractivity contribution in [1.29, 1.82) is 0 Å². The van der Waals surface area contributed by atoms with Gasteiger partial charge in [-0.2, -0.15) is 6.42 Å². The van der Waals surface area contributed by atoms with Gasteiger partial charge in [0, 0.05) is 0 Å². The minimum absolute atomic E-state index is 0. The standard InChI is InChI=1S/C8H18N.Li/c1-4-7-9(6-3)8-5-2;/h1,4-8H2,2-3H3;/q-1;+1. The predicted octanol–water partition coefficient (Wildman–Crippen LogP) is -1.05. The molecule has 0 aliphatic heterocycles. The van der Waals surface area contributed by atoms with Gasteiger partial charge in [0.1, 0.15) is 0 Å². The van der Waals surface area contributed by atoms with Crippen LogP contribution >= 0.6 is 0 Å². The molecule has 0 spiro atoms. The smallest absolute Gasteiger partial charge is 0.342 e. The molecule has 0 aromatic rings. The Balaban J connectivity index is 0. The molecule has 0 saturated heterocycles. The monoisotopic (exact) mass is 135 g/mol. The molecule has 0 saturated carbocycles. The summed E-state index contributed by atoms with van der Waals surface area (Å²) in [6, 6.07) is 0. The molecule has 0 atom stereocenters. The van der Waals surface area contributed by atoms with Crippen LogP contribution in [0.25, 0.3) is 0 Å². The first-order valence-corrected chi connectivity index (χ1v) is 3.86. The molecule has 0 fully saturated rings. The molecule has 0 N–H and O–H groups in total. The van der Waals surface area contributed by atoms with E-state index in [1.54, 1.807) is 0 Å². The van der Waals surface area contributed by atoms with Crippen LogP contribution < -0.4 is 18.9 Å².